The second kappa shape index (κ2) is 15.6. The van der Waals surface area contributed by atoms with Gasteiger partial charge in [-0.1, -0.05) is 13.8 Å². The Kier molecular flexibility index (Phi) is 24.7. The van der Waals surface area contributed by atoms with Crippen molar-refractivity contribution >= 4 is 43.6 Å². The van der Waals surface area contributed by atoms with Crippen molar-refractivity contribution in [3.63, 3.8) is 0 Å². The van der Waals surface area contributed by atoms with Crippen molar-refractivity contribution in [2.75, 3.05) is 11.5 Å². The summed E-state index contributed by atoms with van der Waals surface area (Å²) in [5.41, 5.74) is 0. The van der Waals surface area contributed by atoms with E-state index in [0.717, 1.165) is 0 Å². The van der Waals surface area contributed by atoms with Crippen LogP contribution in [0.2, 0.25) is 0 Å². The molecule has 17 heavy (non-hydrogen) atoms. The molecule has 0 amide bonds. The third kappa shape index (κ3) is 46.6. The molecule has 0 saturated heterocycles. The van der Waals surface area contributed by atoms with Gasteiger partial charge in [0.25, 0.3) is 10.1 Å². The molecule has 0 atom stereocenters. The van der Waals surface area contributed by atoms with Gasteiger partial charge in [-0.2, -0.15) is 8.42 Å². The van der Waals surface area contributed by atoms with Crippen LogP contribution in [-0.2, 0) is 20.2 Å². The summed E-state index contributed by atoms with van der Waals surface area (Å²) in [6, 6.07) is 0. The van der Waals surface area contributed by atoms with E-state index in [1.54, 1.807) is 13.8 Å². The maximum atomic E-state index is 9.79. The first-order chi connectivity index (χ1) is 7.12. The maximum absolute atomic E-state index is 9.79. The van der Waals surface area contributed by atoms with Crippen LogP contribution in [0.25, 0.3) is 0 Å². The zero-order valence-corrected chi connectivity index (χ0v) is 15.4. The topological polar surface area (TPSA) is 112 Å². The van der Waals surface area contributed by atoms with Gasteiger partial charge in [-0.05, 0) is 12.8 Å². The zero-order chi connectivity index (χ0) is 13.8. The van der Waals surface area contributed by atoms with Gasteiger partial charge in [-0.3, -0.25) is 4.55 Å². The van der Waals surface area contributed by atoms with Crippen LogP contribution in [0.15, 0.2) is 0 Å². The Morgan fingerprint density at radius 2 is 1.29 bits per heavy atom. The number of hydrogen-bond acceptors (Lipinski definition) is 7. The average molecular weight is 336 g/mol. The number of rotatable bonds is 4. The van der Waals surface area contributed by atoms with E-state index in [4.69, 9.17) is 4.55 Å². The fraction of sp³-hybridized carbons (Fsp3) is 1.00. The van der Waals surface area contributed by atoms with Crippen molar-refractivity contribution in [2.24, 2.45) is 0 Å². The molecule has 0 aliphatic rings. The van der Waals surface area contributed by atoms with Crippen LogP contribution in [0.4, 0.5) is 0 Å². The molecule has 0 aliphatic carbocycles. The minimum absolute atomic E-state index is 0. The molecule has 0 rings (SSSR count). The standard InChI is InChI=1S/2C3H8O3S.Na.H2S2/c2*1-2-3-7(4,5)6;;1-2/h2*2-3H2,1H3,(H,4,5,6);;1-2H/q;;+1;/p-1. The van der Waals surface area contributed by atoms with Crippen molar-refractivity contribution in [1.82, 2.24) is 0 Å². The molecule has 11 heteroatoms. The van der Waals surface area contributed by atoms with E-state index in [1.807, 2.05) is 0 Å². The van der Waals surface area contributed by atoms with Crippen molar-refractivity contribution in [1.29, 1.82) is 0 Å². The van der Waals surface area contributed by atoms with Crippen LogP contribution < -0.4 is 29.6 Å². The van der Waals surface area contributed by atoms with Gasteiger partial charge in [-0.25, -0.2) is 8.42 Å². The Morgan fingerprint density at radius 1 is 1.00 bits per heavy atom. The molecule has 102 valence electrons. The van der Waals surface area contributed by atoms with Crippen LogP contribution in [0.5, 0.6) is 0 Å². The van der Waals surface area contributed by atoms with Crippen LogP contribution in [0, 0.1) is 0 Å². The van der Waals surface area contributed by atoms with Gasteiger partial charge in [0.05, 0.1) is 15.9 Å². The molecule has 0 fully saturated rings. The van der Waals surface area contributed by atoms with Gasteiger partial charge in [0.15, 0.2) is 0 Å². The SMILES string of the molecule is CCCS(=O)(=O)O.CCCS(=O)(=O)[O-].SS.[Na+]. The molecule has 0 heterocycles. The molecule has 6 nitrogen and oxygen atoms in total. The molecule has 0 aromatic carbocycles. The number of hydrogen-bond donors (Lipinski definition) is 3. The maximum Gasteiger partial charge on any atom is 1.00 e. The van der Waals surface area contributed by atoms with Crippen LogP contribution in [0.1, 0.15) is 26.7 Å². The molecule has 0 radical (unpaired) electrons. The first-order valence-corrected chi connectivity index (χ1v) is 8.99. The van der Waals surface area contributed by atoms with E-state index in [0.29, 0.717) is 12.8 Å². The molecule has 0 spiro atoms. The summed E-state index contributed by atoms with van der Waals surface area (Å²) >= 11 is 6.44. The quantitative estimate of drug-likeness (QED) is 0.237. The largest absolute Gasteiger partial charge is 1.00 e. The Labute approximate surface area is 136 Å². The van der Waals surface area contributed by atoms with E-state index in [9.17, 15) is 21.4 Å². The number of thiol groups is 2. The molecule has 0 aliphatic heterocycles. The van der Waals surface area contributed by atoms with E-state index >= 15 is 0 Å². The van der Waals surface area contributed by atoms with Crippen molar-refractivity contribution in [3.05, 3.63) is 0 Å². The van der Waals surface area contributed by atoms with Gasteiger partial charge in [0.2, 0.25) is 0 Å². The van der Waals surface area contributed by atoms with Gasteiger partial charge in [0.1, 0.15) is 0 Å². The summed E-state index contributed by atoms with van der Waals surface area (Å²) in [7, 11) is -7.60. The Bertz CT molecular complexity index is 290. The van der Waals surface area contributed by atoms with Crippen molar-refractivity contribution in [2.45, 2.75) is 26.7 Å². The predicted octanol–water partition coefficient (Wildman–Crippen LogP) is -2.01. The van der Waals surface area contributed by atoms with Gasteiger partial charge in [0, 0.05) is 5.75 Å². The van der Waals surface area contributed by atoms with E-state index in [-0.39, 0.29) is 41.1 Å². The van der Waals surface area contributed by atoms with E-state index < -0.39 is 20.2 Å². The normalized spacial score (nSPS) is 10.0. The Balaban J connectivity index is -0.0000000823. The predicted molar refractivity (Wildman–Crippen MR) is 69.5 cm³/mol. The molecule has 0 aromatic heterocycles. The third-order valence-electron chi connectivity index (χ3n) is 0.916. The van der Waals surface area contributed by atoms with E-state index in [1.165, 1.54) is 0 Å². The molecule has 0 unspecified atom stereocenters. The van der Waals surface area contributed by atoms with E-state index in [2.05, 4.69) is 23.3 Å². The molecular weight excluding hydrogens is 319 g/mol. The molecule has 1 N–H and O–H groups in total. The Hall–Kier alpha value is 1.52. The Morgan fingerprint density at radius 3 is 1.29 bits per heavy atom. The first-order valence-electron chi connectivity index (χ1n) is 4.21. The van der Waals surface area contributed by atoms with Gasteiger partial charge < -0.3 is 4.55 Å². The molecule has 0 aromatic rings. The summed E-state index contributed by atoms with van der Waals surface area (Å²) in [6.07, 6.45) is 0.880. The smallest absolute Gasteiger partial charge is 0.748 e. The summed E-state index contributed by atoms with van der Waals surface area (Å²) in [5, 5.41) is 0. The first kappa shape index (κ1) is 27.0. The molecular formula is C6H17NaO6S4. The summed E-state index contributed by atoms with van der Waals surface area (Å²) < 4.78 is 56.6. The van der Waals surface area contributed by atoms with Crippen molar-refractivity contribution in [3.8, 4) is 0 Å². The van der Waals surface area contributed by atoms with Crippen LogP contribution >= 0.6 is 23.3 Å². The van der Waals surface area contributed by atoms with Crippen LogP contribution in [0.3, 0.4) is 0 Å². The van der Waals surface area contributed by atoms with Crippen LogP contribution in [-0.4, -0.2) is 37.4 Å². The minimum atomic E-state index is -3.92. The van der Waals surface area contributed by atoms with Gasteiger partial charge in [-0.15, -0.1) is 23.3 Å². The second-order valence-electron chi connectivity index (χ2n) is 2.55. The fourth-order valence-electron chi connectivity index (χ4n) is 0.508. The summed E-state index contributed by atoms with van der Waals surface area (Å²) in [6.45, 7) is 3.34. The molecule has 0 bridgehead atoms. The summed E-state index contributed by atoms with van der Waals surface area (Å²) in [5.74, 6) is -0.375. The fourth-order valence-corrected chi connectivity index (χ4v) is 1.52. The monoisotopic (exact) mass is 336 g/mol. The molecule has 0 saturated carbocycles. The zero-order valence-electron chi connectivity index (χ0n) is 10.0. The average Bonchev–Trinajstić information content (AvgIpc) is 2.04. The minimum Gasteiger partial charge on any atom is -0.748 e. The second-order valence-corrected chi connectivity index (χ2v) is 5.64. The van der Waals surface area contributed by atoms with Crippen molar-refractivity contribution < 1.29 is 55.5 Å². The van der Waals surface area contributed by atoms with Gasteiger partial charge >= 0.3 is 29.6 Å². The summed E-state index contributed by atoms with van der Waals surface area (Å²) in [4.78, 5) is 0. The third-order valence-corrected chi connectivity index (χ3v) is 2.75.